The van der Waals surface area contributed by atoms with Crippen molar-refractivity contribution in [3.8, 4) is 0 Å². The van der Waals surface area contributed by atoms with E-state index in [1.165, 1.54) is 5.56 Å². The first-order valence-electron chi connectivity index (χ1n) is 10.1. The molecule has 146 valence electrons. The van der Waals surface area contributed by atoms with Gasteiger partial charge in [0.2, 0.25) is 5.91 Å². The highest BCUT2D eigenvalue weighted by Gasteiger charge is 2.24. The molecule has 2 amide bonds. The Morgan fingerprint density at radius 3 is 2.71 bits per heavy atom. The number of para-hydroxylation sites is 1. The SMILES string of the molecule is O=C(NCCCC(=O)N1CCc2ccccc21)c1cccnc1N1CCCC1. The zero-order chi connectivity index (χ0) is 19.3. The Hall–Kier alpha value is -2.89. The molecule has 1 aromatic heterocycles. The predicted octanol–water partition coefficient (Wildman–Crippen LogP) is 2.78. The average Bonchev–Trinajstić information content (AvgIpc) is 3.41. The molecule has 3 heterocycles. The van der Waals surface area contributed by atoms with Gasteiger partial charge in [-0.2, -0.15) is 0 Å². The summed E-state index contributed by atoms with van der Waals surface area (Å²) in [5.41, 5.74) is 2.88. The molecular weight excluding hydrogens is 352 g/mol. The highest BCUT2D eigenvalue weighted by Crippen LogP contribution is 2.28. The molecule has 28 heavy (non-hydrogen) atoms. The number of carbonyl (C=O) groups excluding carboxylic acids is 2. The van der Waals surface area contributed by atoms with Crippen LogP contribution in [0.25, 0.3) is 0 Å². The Bertz CT molecular complexity index is 861. The molecule has 6 nitrogen and oxygen atoms in total. The molecule has 0 radical (unpaired) electrons. The largest absolute Gasteiger partial charge is 0.356 e. The normalized spacial score (nSPS) is 15.6. The zero-order valence-corrected chi connectivity index (χ0v) is 16.1. The zero-order valence-electron chi connectivity index (χ0n) is 16.1. The second kappa shape index (κ2) is 8.42. The van der Waals surface area contributed by atoms with E-state index in [1.807, 2.05) is 29.2 Å². The first-order chi connectivity index (χ1) is 13.7. The summed E-state index contributed by atoms with van der Waals surface area (Å²) in [7, 11) is 0. The van der Waals surface area contributed by atoms with E-state index >= 15 is 0 Å². The third-order valence-corrected chi connectivity index (χ3v) is 5.48. The highest BCUT2D eigenvalue weighted by molar-refractivity contribution is 5.99. The van der Waals surface area contributed by atoms with E-state index in [9.17, 15) is 9.59 Å². The number of aromatic nitrogens is 1. The molecule has 1 fully saturated rings. The smallest absolute Gasteiger partial charge is 0.255 e. The molecule has 6 heteroatoms. The predicted molar refractivity (Wildman–Crippen MR) is 110 cm³/mol. The summed E-state index contributed by atoms with van der Waals surface area (Å²) < 4.78 is 0. The summed E-state index contributed by atoms with van der Waals surface area (Å²) in [5.74, 6) is 0.773. The minimum absolute atomic E-state index is 0.117. The molecule has 0 spiro atoms. The lowest BCUT2D eigenvalue weighted by Crippen LogP contribution is -2.31. The quantitative estimate of drug-likeness (QED) is 0.785. The number of benzene rings is 1. The molecule has 4 rings (SSSR count). The van der Waals surface area contributed by atoms with Crippen LogP contribution in [0.1, 0.15) is 41.6 Å². The maximum atomic E-state index is 12.6. The average molecular weight is 378 g/mol. The Kier molecular flexibility index (Phi) is 5.55. The van der Waals surface area contributed by atoms with Crippen LogP contribution in [0.4, 0.5) is 11.5 Å². The van der Waals surface area contributed by atoms with Crippen LogP contribution in [0, 0.1) is 0 Å². The lowest BCUT2D eigenvalue weighted by Gasteiger charge is -2.19. The summed E-state index contributed by atoms with van der Waals surface area (Å²) >= 11 is 0. The van der Waals surface area contributed by atoms with Gasteiger partial charge in [-0.25, -0.2) is 4.98 Å². The second-order valence-corrected chi connectivity index (χ2v) is 7.35. The number of pyridine rings is 1. The Morgan fingerprint density at radius 2 is 1.86 bits per heavy atom. The van der Waals surface area contributed by atoms with Crippen molar-refractivity contribution in [2.75, 3.05) is 36.0 Å². The number of carbonyl (C=O) groups is 2. The minimum Gasteiger partial charge on any atom is -0.356 e. The van der Waals surface area contributed by atoms with Crippen molar-refractivity contribution in [3.63, 3.8) is 0 Å². The van der Waals surface area contributed by atoms with Crippen molar-refractivity contribution in [1.82, 2.24) is 10.3 Å². The lowest BCUT2D eigenvalue weighted by molar-refractivity contribution is -0.118. The minimum atomic E-state index is -0.117. The summed E-state index contributed by atoms with van der Waals surface area (Å²) in [6.07, 6.45) is 5.98. The van der Waals surface area contributed by atoms with Crippen molar-refractivity contribution in [2.45, 2.75) is 32.1 Å². The first kappa shape index (κ1) is 18.5. The topological polar surface area (TPSA) is 65.5 Å². The van der Waals surface area contributed by atoms with Crippen LogP contribution in [-0.4, -0.2) is 43.0 Å². The molecule has 0 saturated carbocycles. The van der Waals surface area contributed by atoms with E-state index in [0.717, 1.165) is 50.4 Å². The molecule has 0 aliphatic carbocycles. The Balaban J connectivity index is 1.28. The van der Waals surface area contributed by atoms with E-state index in [2.05, 4.69) is 21.3 Å². The van der Waals surface area contributed by atoms with Crippen LogP contribution in [0.15, 0.2) is 42.6 Å². The monoisotopic (exact) mass is 378 g/mol. The van der Waals surface area contributed by atoms with E-state index in [1.54, 1.807) is 12.3 Å². The van der Waals surface area contributed by atoms with E-state index in [4.69, 9.17) is 0 Å². The summed E-state index contributed by atoms with van der Waals surface area (Å²) in [6.45, 7) is 3.13. The second-order valence-electron chi connectivity index (χ2n) is 7.35. The standard InChI is InChI=1S/C22H26N4O2/c27-20(26-16-11-17-7-1-2-9-19(17)26)10-6-13-24-22(28)18-8-5-12-23-21(18)25-14-3-4-15-25/h1-2,5,7-9,12H,3-4,6,10-11,13-16H2,(H,24,28). The van der Waals surface area contributed by atoms with Gasteiger partial charge < -0.3 is 15.1 Å². The fourth-order valence-electron chi connectivity index (χ4n) is 4.02. The number of fused-ring (bicyclic) bond motifs is 1. The van der Waals surface area contributed by atoms with Gasteiger partial charge in [-0.15, -0.1) is 0 Å². The third-order valence-electron chi connectivity index (χ3n) is 5.48. The molecule has 2 aliphatic rings. The Labute approximate surface area is 165 Å². The van der Waals surface area contributed by atoms with Crippen LogP contribution in [-0.2, 0) is 11.2 Å². The number of hydrogen-bond donors (Lipinski definition) is 1. The van der Waals surface area contributed by atoms with Crippen molar-refractivity contribution >= 4 is 23.3 Å². The summed E-state index contributed by atoms with van der Waals surface area (Å²) in [4.78, 5) is 33.6. The van der Waals surface area contributed by atoms with Gasteiger partial charge in [0.25, 0.3) is 5.91 Å². The van der Waals surface area contributed by atoms with Gasteiger partial charge in [0.05, 0.1) is 5.56 Å². The van der Waals surface area contributed by atoms with Crippen LogP contribution < -0.4 is 15.1 Å². The summed E-state index contributed by atoms with van der Waals surface area (Å²) in [6, 6.07) is 11.7. The first-order valence-corrected chi connectivity index (χ1v) is 10.1. The number of amides is 2. The van der Waals surface area contributed by atoms with Crippen LogP contribution >= 0.6 is 0 Å². The van der Waals surface area contributed by atoms with Crippen molar-refractivity contribution < 1.29 is 9.59 Å². The summed E-state index contributed by atoms with van der Waals surface area (Å²) in [5, 5.41) is 2.95. The number of hydrogen-bond acceptors (Lipinski definition) is 4. The molecule has 0 unspecified atom stereocenters. The number of nitrogens with zero attached hydrogens (tertiary/aromatic N) is 3. The molecule has 1 aromatic carbocycles. The number of rotatable bonds is 6. The van der Waals surface area contributed by atoms with Crippen LogP contribution in [0.3, 0.4) is 0 Å². The number of anilines is 2. The highest BCUT2D eigenvalue weighted by atomic mass is 16.2. The van der Waals surface area contributed by atoms with Gasteiger partial charge in [-0.1, -0.05) is 18.2 Å². The molecular formula is C22H26N4O2. The Morgan fingerprint density at radius 1 is 1.04 bits per heavy atom. The van der Waals surface area contributed by atoms with Gasteiger partial charge in [-0.3, -0.25) is 9.59 Å². The van der Waals surface area contributed by atoms with Crippen molar-refractivity contribution in [1.29, 1.82) is 0 Å². The van der Waals surface area contributed by atoms with Crippen molar-refractivity contribution in [3.05, 3.63) is 53.7 Å². The number of nitrogens with one attached hydrogen (secondary N) is 1. The van der Waals surface area contributed by atoms with Gasteiger partial charge in [0.15, 0.2) is 0 Å². The molecule has 1 saturated heterocycles. The van der Waals surface area contributed by atoms with Gasteiger partial charge in [0, 0.05) is 44.5 Å². The van der Waals surface area contributed by atoms with Crippen LogP contribution in [0.2, 0.25) is 0 Å². The molecule has 2 aromatic rings. The van der Waals surface area contributed by atoms with E-state index in [-0.39, 0.29) is 11.8 Å². The van der Waals surface area contributed by atoms with Crippen molar-refractivity contribution in [2.24, 2.45) is 0 Å². The molecule has 0 bridgehead atoms. The van der Waals surface area contributed by atoms with Crippen LogP contribution in [0.5, 0.6) is 0 Å². The van der Waals surface area contributed by atoms with E-state index in [0.29, 0.717) is 24.9 Å². The van der Waals surface area contributed by atoms with Gasteiger partial charge >= 0.3 is 0 Å². The molecule has 0 atom stereocenters. The lowest BCUT2D eigenvalue weighted by atomic mass is 10.2. The van der Waals surface area contributed by atoms with E-state index < -0.39 is 0 Å². The fourth-order valence-corrected chi connectivity index (χ4v) is 4.02. The maximum absolute atomic E-state index is 12.6. The fraction of sp³-hybridized carbons (Fsp3) is 0.409. The third kappa shape index (κ3) is 3.86. The maximum Gasteiger partial charge on any atom is 0.255 e. The van der Waals surface area contributed by atoms with Gasteiger partial charge in [-0.05, 0) is 49.4 Å². The van der Waals surface area contributed by atoms with Gasteiger partial charge in [0.1, 0.15) is 5.82 Å². The molecule has 1 N–H and O–H groups in total. The molecule has 2 aliphatic heterocycles.